The highest BCUT2D eigenvalue weighted by Crippen LogP contribution is 2.36. The number of carbonyl (C=O) groups is 1. The third-order valence-corrected chi connectivity index (χ3v) is 3.92. The molecule has 1 amide bonds. The van der Waals surface area contributed by atoms with Crippen LogP contribution in [-0.2, 0) is 11.3 Å². The van der Waals surface area contributed by atoms with Crippen molar-refractivity contribution in [3.05, 3.63) is 52.5 Å². The average Bonchev–Trinajstić information content (AvgIpc) is 2.44. The third kappa shape index (κ3) is 2.74. The summed E-state index contributed by atoms with van der Waals surface area (Å²) in [5, 5.41) is 0. The fourth-order valence-corrected chi connectivity index (χ4v) is 2.85. The molecule has 5 heteroatoms. The maximum atomic E-state index is 12.4. The molecule has 0 bridgehead atoms. The molecule has 1 atom stereocenters. The van der Waals surface area contributed by atoms with Crippen LogP contribution < -0.4 is 15.4 Å². The average molecular weight is 347 g/mol. The van der Waals surface area contributed by atoms with Crippen LogP contribution >= 0.6 is 15.9 Å². The fraction of sp³-hybridized carbons (Fsp3) is 0.188. The van der Waals surface area contributed by atoms with Crippen molar-refractivity contribution in [1.82, 2.24) is 0 Å². The van der Waals surface area contributed by atoms with Crippen molar-refractivity contribution in [2.45, 2.75) is 19.6 Å². The van der Waals surface area contributed by atoms with Gasteiger partial charge in [0, 0.05) is 16.2 Å². The van der Waals surface area contributed by atoms with E-state index in [0.717, 1.165) is 15.7 Å². The summed E-state index contributed by atoms with van der Waals surface area (Å²) in [6.07, 6.45) is -0.508. The van der Waals surface area contributed by atoms with Gasteiger partial charge in [0.05, 0.1) is 12.2 Å². The van der Waals surface area contributed by atoms with Gasteiger partial charge in [0.25, 0.3) is 5.91 Å². The van der Waals surface area contributed by atoms with Crippen molar-refractivity contribution in [3.63, 3.8) is 0 Å². The summed E-state index contributed by atoms with van der Waals surface area (Å²) in [6, 6.07) is 13.3. The number of hydrogen-bond donors (Lipinski definition) is 1. The number of hydrogen-bond acceptors (Lipinski definition) is 3. The molecule has 0 aliphatic carbocycles. The van der Waals surface area contributed by atoms with Crippen LogP contribution in [0, 0.1) is 0 Å². The molecule has 0 saturated carbocycles. The molecule has 0 radical (unpaired) electrons. The SMILES string of the molecule is CC1Oc2cc(N)ccc2N(Cc2cccc(Br)c2)C1=O. The Hall–Kier alpha value is -2.01. The van der Waals surface area contributed by atoms with E-state index < -0.39 is 6.10 Å². The first-order valence-electron chi connectivity index (χ1n) is 6.66. The molecule has 0 aromatic heterocycles. The van der Waals surface area contributed by atoms with Crippen molar-refractivity contribution >= 4 is 33.2 Å². The van der Waals surface area contributed by atoms with Gasteiger partial charge in [0.15, 0.2) is 6.10 Å². The molecule has 0 saturated heterocycles. The van der Waals surface area contributed by atoms with E-state index in [0.29, 0.717) is 18.0 Å². The van der Waals surface area contributed by atoms with Crippen LogP contribution in [0.25, 0.3) is 0 Å². The van der Waals surface area contributed by atoms with E-state index in [1.54, 1.807) is 24.0 Å². The van der Waals surface area contributed by atoms with Crippen molar-refractivity contribution < 1.29 is 9.53 Å². The lowest BCUT2D eigenvalue weighted by Gasteiger charge is -2.33. The predicted octanol–water partition coefficient (Wildman–Crippen LogP) is 3.35. The molecule has 108 valence electrons. The Morgan fingerprint density at radius 1 is 1.29 bits per heavy atom. The second-order valence-electron chi connectivity index (χ2n) is 5.04. The quantitative estimate of drug-likeness (QED) is 0.848. The molecule has 1 aliphatic rings. The van der Waals surface area contributed by atoms with E-state index in [1.165, 1.54) is 0 Å². The normalized spacial score (nSPS) is 17.3. The zero-order valence-corrected chi connectivity index (χ0v) is 13.1. The summed E-state index contributed by atoms with van der Waals surface area (Å²) in [5.41, 5.74) is 8.22. The van der Waals surface area contributed by atoms with E-state index in [4.69, 9.17) is 10.5 Å². The smallest absolute Gasteiger partial charge is 0.268 e. The van der Waals surface area contributed by atoms with Crippen LogP contribution in [0.3, 0.4) is 0 Å². The van der Waals surface area contributed by atoms with E-state index in [1.807, 2.05) is 30.3 Å². The maximum Gasteiger partial charge on any atom is 0.268 e. The van der Waals surface area contributed by atoms with Crippen molar-refractivity contribution in [2.24, 2.45) is 0 Å². The number of amides is 1. The summed E-state index contributed by atoms with van der Waals surface area (Å²) >= 11 is 3.45. The van der Waals surface area contributed by atoms with Crippen LogP contribution in [0.4, 0.5) is 11.4 Å². The van der Waals surface area contributed by atoms with Crippen molar-refractivity contribution in [3.8, 4) is 5.75 Å². The number of benzene rings is 2. The molecule has 1 aliphatic heterocycles. The Morgan fingerprint density at radius 3 is 2.86 bits per heavy atom. The van der Waals surface area contributed by atoms with E-state index in [-0.39, 0.29) is 5.91 Å². The molecule has 2 N–H and O–H groups in total. The number of rotatable bonds is 2. The van der Waals surface area contributed by atoms with Crippen molar-refractivity contribution in [1.29, 1.82) is 0 Å². The van der Waals surface area contributed by atoms with Gasteiger partial charge in [-0.3, -0.25) is 4.79 Å². The summed E-state index contributed by atoms with van der Waals surface area (Å²) < 4.78 is 6.63. The monoisotopic (exact) mass is 346 g/mol. The molecule has 3 rings (SSSR count). The third-order valence-electron chi connectivity index (χ3n) is 3.42. The molecule has 0 spiro atoms. The van der Waals surface area contributed by atoms with Gasteiger partial charge in [0.1, 0.15) is 5.75 Å². The summed E-state index contributed by atoms with van der Waals surface area (Å²) in [4.78, 5) is 14.2. The number of nitrogens with zero attached hydrogens (tertiary/aromatic N) is 1. The number of nitrogen functional groups attached to an aromatic ring is 1. The topological polar surface area (TPSA) is 55.6 Å². The zero-order valence-electron chi connectivity index (χ0n) is 11.5. The van der Waals surface area contributed by atoms with Gasteiger partial charge in [-0.15, -0.1) is 0 Å². The summed E-state index contributed by atoms with van der Waals surface area (Å²) in [7, 11) is 0. The van der Waals surface area contributed by atoms with Gasteiger partial charge in [-0.05, 0) is 36.8 Å². The molecule has 2 aromatic carbocycles. The number of ether oxygens (including phenoxy) is 1. The maximum absolute atomic E-state index is 12.4. The molecule has 1 unspecified atom stereocenters. The van der Waals surface area contributed by atoms with Crippen LogP contribution in [0.15, 0.2) is 46.9 Å². The minimum absolute atomic E-state index is 0.0488. The summed E-state index contributed by atoms with van der Waals surface area (Å²) in [5.74, 6) is 0.601. The van der Waals surface area contributed by atoms with Crippen LogP contribution in [0.2, 0.25) is 0 Å². The number of fused-ring (bicyclic) bond motifs is 1. The highest BCUT2D eigenvalue weighted by molar-refractivity contribution is 9.10. The van der Waals surface area contributed by atoms with Gasteiger partial charge < -0.3 is 15.4 Å². The standard InChI is InChI=1S/C16H15BrN2O2/c1-10-16(20)19(9-11-3-2-4-12(17)7-11)14-6-5-13(18)8-15(14)21-10/h2-8,10H,9,18H2,1H3. The molecule has 4 nitrogen and oxygen atoms in total. The van der Waals surface area contributed by atoms with Gasteiger partial charge in [-0.25, -0.2) is 0 Å². The Balaban J connectivity index is 1.99. The van der Waals surface area contributed by atoms with Crippen LogP contribution in [-0.4, -0.2) is 12.0 Å². The van der Waals surface area contributed by atoms with E-state index in [9.17, 15) is 4.79 Å². The Labute approximate surface area is 131 Å². The lowest BCUT2D eigenvalue weighted by atomic mass is 10.1. The minimum Gasteiger partial charge on any atom is -0.479 e. The molecule has 21 heavy (non-hydrogen) atoms. The van der Waals surface area contributed by atoms with Gasteiger partial charge in [-0.1, -0.05) is 28.1 Å². The fourth-order valence-electron chi connectivity index (χ4n) is 2.41. The predicted molar refractivity (Wildman–Crippen MR) is 86.3 cm³/mol. The lowest BCUT2D eigenvalue weighted by molar-refractivity contribution is -0.125. The first kappa shape index (κ1) is 13.9. The van der Waals surface area contributed by atoms with Gasteiger partial charge in [-0.2, -0.15) is 0 Å². The number of nitrogens with two attached hydrogens (primary N) is 1. The van der Waals surface area contributed by atoms with Gasteiger partial charge >= 0.3 is 0 Å². The van der Waals surface area contributed by atoms with E-state index in [2.05, 4.69) is 15.9 Å². The Morgan fingerprint density at radius 2 is 2.10 bits per heavy atom. The first-order chi connectivity index (χ1) is 10.0. The number of carbonyl (C=O) groups excluding carboxylic acids is 1. The zero-order chi connectivity index (χ0) is 15.0. The van der Waals surface area contributed by atoms with Crippen LogP contribution in [0.5, 0.6) is 5.75 Å². The second kappa shape index (κ2) is 5.41. The minimum atomic E-state index is -0.508. The number of anilines is 2. The van der Waals surface area contributed by atoms with Crippen molar-refractivity contribution in [2.75, 3.05) is 10.6 Å². The highest BCUT2D eigenvalue weighted by Gasteiger charge is 2.31. The van der Waals surface area contributed by atoms with Crippen LogP contribution in [0.1, 0.15) is 12.5 Å². The Kier molecular flexibility index (Phi) is 3.59. The first-order valence-corrected chi connectivity index (χ1v) is 7.46. The lowest BCUT2D eigenvalue weighted by Crippen LogP contribution is -2.44. The Bertz CT molecular complexity index is 702. The molecule has 1 heterocycles. The molecular weight excluding hydrogens is 332 g/mol. The van der Waals surface area contributed by atoms with E-state index >= 15 is 0 Å². The molecule has 2 aromatic rings. The number of halogens is 1. The van der Waals surface area contributed by atoms with Gasteiger partial charge in [0.2, 0.25) is 0 Å². The largest absolute Gasteiger partial charge is 0.479 e. The highest BCUT2D eigenvalue weighted by atomic mass is 79.9. The molecule has 0 fully saturated rings. The molecular formula is C16H15BrN2O2. The second-order valence-corrected chi connectivity index (χ2v) is 5.96. The summed E-state index contributed by atoms with van der Waals surface area (Å²) in [6.45, 7) is 2.26.